The van der Waals surface area contributed by atoms with Crippen LogP contribution in [0.15, 0.2) is 237 Å². The highest BCUT2D eigenvalue weighted by molar-refractivity contribution is 6.11. The Morgan fingerprint density at radius 2 is 0.672 bits per heavy atom. The highest BCUT2D eigenvalue weighted by Gasteiger charge is 2.18. The maximum absolute atomic E-state index is 2.39. The molecule has 3 nitrogen and oxygen atoms in total. The van der Waals surface area contributed by atoms with Crippen LogP contribution in [0.3, 0.4) is 0 Å². The zero-order valence-corrected chi connectivity index (χ0v) is 33.4. The fourth-order valence-corrected chi connectivity index (χ4v) is 9.45. The molecule has 0 N–H and O–H groups in total. The summed E-state index contributed by atoms with van der Waals surface area (Å²) in [5, 5.41) is 7.47. The molecule has 0 unspecified atom stereocenters. The first kappa shape index (κ1) is 34.9. The third kappa shape index (κ3) is 5.82. The minimum atomic E-state index is 1.10. The summed E-state index contributed by atoms with van der Waals surface area (Å²) in [5.41, 5.74) is 15.3. The summed E-state index contributed by atoms with van der Waals surface area (Å²) in [6.45, 7) is 0. The normalized spacial score (nSPS) is 11.6. The molecular formula is C58H39N3. The van der Waals surface area contributed by atoms with Crippen LogP contribution in [0.4, 0.5) is 17.1 Å². The summed E-state index contributed by atoms with van der Waals surface area (Å²) < 4.78 is 4.74. The maximum Gasteiger partial charge on any atom is 0.0541 e. The topological polar surface area (TPSA) is 13.1 Å². The lowest BCUT2D eigenvalue weighted by Gasteiger charge is -2.27. The Morgan fingerprint density at radius 3 is 1.26 bits per heavy atom. The Labute approximate surface area is 354 Å². The Balaban J connectivity index is 0.907. The van der Waals surface area contributed by atoms with Crippen molar-refractivity contribution in [3.8, 4) is 33.6 Å². The van der Waals surface area contributed by atoms with E-state index >= 15 is 0 Å². The van der Waals surface area contributed by atoms with Crippen LogP contribution >= 0.6 is 0 Å². The molecule has 0 amide bonds. The SMILES string of the molecule is c1ccc(-n2c3ccccc3c3cc(-c4ccc(N(c5ccc(-c6ccc(-n7c8ccccc8c8ccccc87)cc6)cc5)c5cccc6ccccc56)cc4)ccc32)cc1. The predicted octanol–water partition coefficient (Wildman–Crippen LogP) is 15.8. The molecule has 286 valence electrons. The van der Waals surface area contributed by atoms with Crippen molar-refractivity contribution < 1.29 is 0 Å². The van der Waals surface area contributed by atoms with E-state index in [0.29, 0.717) is 0 Å². The Morgan fingerprint density at radius 1 is 0.262 bits per heavy atom. The van der Waals surface area contributed by atoms with Gasteiger partial charge < -0.3 is 14.0 Å². The molecule has 0 atom stereocenters. The highest BCUT2D eigenvalue weighted by Crippen LogP contribution is 2.41. The molecule has 0 saturated heterocycles. The van der Waals surface area contributed by atoms with Gasteiger partial charge in [0, 0.05) is 49.7 Å². The lowest BCUT2D eigenvalue weighted by atomic mass is 10.0. The fraction of sp³-hybridized carbons (Fsp3) is 0. The van der Waals surface area contributed by atoms with Gasteiger partial charge in [0.1, 0.15) is 0 Å². The summed E-state index contributed by atoms with van der Waals surface area (Å²) in [4.78, 5) is 2.39. The average Bonchev–Trinajstić information content (AvgIpc) is 3.85. The van der Waals surface area contributed by atoms with Gasteiger partial charge in [-0.15, -0.1) is 0 Å². The van der Waals surface area contributed by atoms with Gasteiger partial charge in [-0.3, -0.25) is 0 Å². The van der Waals surface area contributed by atoms with Crippen molar-refractivity contribution in [3.05, 3.63) is 237 Å². The van der Waals surface area contributed by atoms with Gasteiger partial charge in [-0.2, -0.15) is 0 Å². The summed E-state index contributed by atoms with van der Waals surface area (Å²) >= 11 is 0. The van der Waals surface area contributed by atoms with Crippen LogP contribution in [0.1, 0.15) is 0 Å². The van der Waals surface area contributed by atoms with Gasteiger partial charge in [0.05, 0.1) is 27.8 Å². The second-order valence-electron chi connectivity index (χ2n) is 15.8. The monoisotopic (exact) mass is 777 g/mol. The average molecular weight is 778 g/mol. The molecule has 12 aromatic rings. The first-order valence-corrected chi connectivity index (χ1v) is 20.9. The van der Waals surface area contributed by atoms with Crippen molar-refractivity contribution in [2.75, 3.05) is 4.90 Å². The molecule has 0 bridgehead atoms. The molecule has 10 aromatic carbocycles. The zero-order valence-electron chi connectivity index (χ0n) is 33.4. The number of hydrogen-bond acceptors (Lipinski definition) is 1. The standard InChI is InChI=1S/C58H39N3/c1-2-15-45(16-3-1)60-57-23-11-8-20-52(57)53-39-44(31-38-58(53)60)42-29-34-47(35-30-42)59(54-24-12-14-43-13-4-5-17-49(43)54)46-32-25-40(26-33-46)41-27-36-48(37-28-41)61-55-21-9-6-18-50(55)51-19-7-10-22-56(51)61/h1-39H. The third-order valence-electron chi connectivity index (χ3n) is 12.3. The van der Waals surface area contributed by atoms with Crippen LogP contribution in [0.25, 0.3) is 88.0 Å². The number of rotatable bonds is 7. The van der Waals surface area contributed by atoms with Crippen molar-refractivity contribution in [1.82, 2.24) is 9.13 Å². The number of nitrogens with zero attached hydrogens (tertiary/aromatic N) is 3. The Kier molecular flexibility index (Phi) is 8.17. The number of hydrogen-bond donors (Lipinski definition) is 0. The lowest BCUT2D eigenvalue weighted by molar-refractivity contribution is 1.18. The van der Waals surface area contributed by atoms with Crippen LogP contribution in [-0.2, 0) is 0 Å². The van der Waals surface area contributed by atoms with E-state index in [2.05, 4.69) is 251 Å². The van der Waals surface area contributed by atoms with E-state index in [0.717, 1.165) is 22.7 Å². The van der Waals surface area contributed by atoms with Crippen LogP contribution in [0.2, 0.25) is 0 Å². The molecular weight excluding hydrogens is 739 g/mol. The van der Waals surface area contributed by atoms with Crippen LogP contribution in [0, 0.1) is 0 Å². The van der Waals surface area contributed by atoms with E-state index in [1.54, 1.807) is 0 Å². The molecule has 12 rings (SSSR count). The largest absolute Gasteiger partial charge is 0.310 e. The third-order valence-corrected chi connectivity index (χ3v) is 12.3. The first-order chi connectivity index (χ1) is 30.3. The van der Waals surface area contributed by atoms with E-state index < -0.39 is 0 Å². The molecule has 0 aliphatic carbocycles. The van der Waals surface area contributed by atoms with Gasteiger partial charge in [-0.25, -0.2) is 0 Å². The van der Waals surface area contributed by atoms with Gasteiger partial charge in [0.2, 0.25) is 0 Å². The molecule has 0 radical (unpaired) electrons. The van der Waals surface area contributed by atoms with E-state index in [-0.39, 0.29) is 0 Å². The Hall–Kier alpha value is -8.14. The van der Waals surface area contributed by atoms with Crippen molar-refractivity contribution in [1.29, 1.82) is 0 Å². The highest BCUT2D eigenvalue weighted by atomic mass is 15.1. The number of fused-ring (bicyclic) bond motifs is 7. The van der Waals surface area contributed by atoms with Crippen LogP contribution in [-0.4, -0.2) is 9.13 Å². The van der Waals surface area contributed by atoms with Crippen LogP contribution in [0.5, 0.6) is 0 Å². The summed E-state index contributed by atoms with van der Waals surface area (Å²) in [6.07, 6.45) is 0. The minimum absolute atomic E-state index is 1.10. The molecule has 0 aliphatic rings. The molecule has 0 aliphatic heterocycles. The molecule has 0 spiro atoms. The summed E-state index contributed by atoms with van der Waals surface area (Å²) in [5.74, 6) is 0. The van der Waals surface area contributed by atoms with Crippen molar-refractivity contribution in [2.24, 2.45) is 0 Å². The molecule has 2 aromatic heterocycles. The van der Waals surface area contributed by atoms with Crippen molar-refractivity contribution in [2.45, 2.75) is 0 Å². The molecule has 2 heterocycles. The van der Waals surface area contributed by atoms with Gasteiger partial charge in [-0.1, -0.05) is 152 Å². The van der Waals surface area contributed by atoms with Gasteiger partial charge in [0.25, 0.3) is 0 Å². The maximum atomic E-state index is 2.39. The molecule has 61 heavy (non-hydrogen) atoms. The molecule has 3 heteroatoms. The zero-order chi connectivity index (χ0) is 40.3. The van der Waals surface area contributed by atoms with Crippen molar-refractivity contribution >= 4 is 71.4 Å². The van der Waals surface area contributed by atoms with Gasteiger partial charge >= 0.3 is 0 Å². The predicted molar refractivity (Wildman–Crippen MR) is 258 cm³/mol. The van der Waals surface area contributed by atoms with Crippen LogP contribution < -0.4 is 4.90 Å². The lowest BCUT2D eigenvalue weighted by Crippen LogP contribution is -2.10. The molecule has 0 fully saturated rings. The summed E-state index contributed by atoms with van der Waals surface area (Å²) in [6, 6.07) is 85.8. The fourth-order valence-electron chi connectivity index (χ4n) is 9.45. The molecule has 0 saturated carbocycles. The minimum Gasteiger partial charge on any atom is -0.310 e. The van der Waals surface area contributed by atoms with Gasteiger partial charge in [-0.05, 0) is 113 Å². The smallest absolute Gasteiger partial charge is 0.0541 e. The second-order valence-corrected chi connectivity index (χ2v) is 15.8. The first-order valence-electron chi connectivity index (χ1n) is 20.9. The Bertz CT molecular complexity index is 3500. The van der Waals surface area contributed by atoms with E-state index in [4.69, 9.17) is 0 Å². The number of aromatic nitrogens is 2. The number of benzene rings is 10. The van der Waals surface area contributed by atoms with Gasteiger partial charge in [0.15, 0.2) is 0 Å². The quantitative estimate of drug-likeness (QED) is 0.157. The van der Waals surface area contributed by atoms with E-state index in [1.165, 1.54) is 82.3 Å². The van der Waals surface area contributed by atoms with E-state index in [9.17, 15) is 0 Å². The second kappa shape index (κ2) is 14.3. The number of para-hydroxylation sites is 4. The van der Waals surface area contributed by atoms with Crippen molar-refractivity contribution in [3.63, 3.8) is 0 Å². The van der Waals surface area contributed by atoms with E-state index in [1.807, 2.05) is 0 Å². The number of anilines is 3. The summed E-state index contributed by atoms with van der Waals surface area (Å²) in [7, 11) is 0.